The van der Waals surface area contributed by atoms with Crippen LogP contribution in [0.3, 0.4) is 0 Å². The molecular weight excluding hydrogens is 522 g/mol. The molecule has 1 aliphatic heterocycles. The number of carbonyl (C=O) groups excluding carboxylic acids is 3. The molecule has 12 nitrogen and oxygen atoms in total. The van der Waals surface area contributed by atoms with Gasteiger partial charge in [0.2, 0.25) is 5.91 Å². The first-order valence-electron chi connectivity index (χ1n) is 12.7. The Morgan fingerprint density at radius 3 is 2.50 bits per heavy atom. The van der Waals surface area contributed by atoms with E-state index in [1.807, 2.05) is 0 Å². The number of hydrogen-bond acceptors (Lipinski definition) is 9. The fraction of sp³-hybridized carbons (Fsp3) is 0.464. The summed E-state index contributed by atoms with van der Waals surface area (Å²) in [5.41, 5.74) is -1.97. The van der Waals surface area contributed by atoms with E-state index < -0.39 is 47.2 Å². The van der Waals surface area contributed by atoms with Crippen LogP contribution >= 0.6 is 0 Å². The number of aromatic nitrogens is 1. The molecule has 4 atom stereocenters. The third-order valence-electron chi connectivity index (χ3n) is 6.88. The van der Waals surface area contributed by atoms with Gasteiger partial charge in [-0.1, -0.05) is 6.08 Å². The second-order valence-corrected chi connectivity index (χ2v) is 10.8. The highest BCUT2D eigenvalue weighted by atomic mass is 16.6. The number of esters is 1. The van der Waals surface area contributed by atoms with Gasteiger partial charge >= 0.3 is 18.0 Å². The Morgan fingerprint density at radius 1 is 1.20 bits per heavy atom. The number of nitrogens with one attached hydrogen (secondary N) is 1. The normalized spacial score (nSPS) is 23.7. The summed E-state index contributed by atoms with van der Waals surface area (Å²) in [7, 11) is 2.72. The van der Waals surface area contributed by atoms with Crippen LogP contribution in [0.15, 0.2) is 36.9 Å². The maximum Gasteiger partial charge on any atom is 0.411 e. The number of methoxy groups -OCH3 is 2. The van der Waals surface area contributed by atoms with Gasteiger partial charge in [-0.2, -0.15) is 0 Å². The number of likely N-dealkylation sites (tertiary alicyclic amines) is 1. The van der Waals surface area contributed by atoms with E-state index >= 15 is 0 Å². The Labute approximate surface area is 231 Å². The van der Waals surface area contributed by atoms with Crippen LogP contribution in [0.2, 0.25) is 0 Å². The first kappa shape index (κ1) is 28.7. The number of aromatic carboxylic acids is 1. The molecule has 2 amide bonds. The lowest BCUT2D eigenvalue weighted by molar-refractivity contribution is -0.147. The van der Waals surface area contributed by atoms with E-state index in [4.69, 9.17) is 18.9 Å². The highest BCUT2D eigenvalue weighted by molar-refractivity contribution is 5.95. The number of fused-ring (bicyclic) bond motifs is 1. The SMILES string of the molecule is C=C[C@H]1C[C@]1(NC(=O)C1C[C@@H](Oc2cc(C(=O)O)nc3cc(OC)ccc23)CN1C(=O)OC(C)(C)C)C(=O)OC. The van der Waals surface area contributed by atoms with Crippen LogP contribution in [0.25, 0.3) is 10.9 Å². The summed E-state index contributed by atoms with van der Waals surface area (Å²) >= 11 is 0. The van der Waals surface area contributed by atoms with E-state index in [0.717, 1.165) is 0 Å². The van der Waals surface area contributed by atoms with Crippen molar-refractivity contribution in [3.8, 4) is 11.5 Å². The van der Waals surface area contributed by atoms with Gasteiger partial charge in [0.25, 0.3) is 0 Å². The number of pyridine rings is 1. The average Bonchev–Trinajstić information content (AvgIpc) is 3.45. The summed E-state index contributed by atoms with van der Waals surface area (Å²) in [6.07, 6.45) is 0.535. The number of amides is 2. The first-order chi connectivity index (χ1) is 18.8. The predicted molar refractivity (Wildman–Crippen MR) is 142 cm³/mol. The van der Waals surface area contributed by atoms with Crippen LogP contribution in [-0.2, 0) is 19.1 Å². The molecule has 12 heteroatoms. The van der Waals surface area contributed by atoms with Crippen molar-refractivity contribution in [2.45, 2.75) is 56.9 Å². The molecule has 4 rings (SSSR count). The molecule has 2 aliphatic rings. The molecule has 1 saturated heterocycles. The molecule has 40 heavy (non-hydrogen) atoms. The van der Waals surface area contributed by atoms with Gasteiger partial charge in [-0.3, -0.25) is 9.69 Å². The quantitative estimate of drug-likeness (QED) is 0.367. The Bertz CT molecular complexity index is 1370. The van der Waals surface area contributed by atoms with E-state index in [1.165, 1.54) is 25.2 Å². The number of carboxylic acids is 1. The number of nitrogens with zero attached hydrogens (tertiary/aromatic N) is 2. The minimum absolute atomic E-state index is 0.0223. The van der Waals surface area contributed by atoms with Crippen LogP contribution in [0.1, 0.15) is 44.1 Å². The highest BCUT2D eigenvalue weighted by Gasteiger charge is 2.62. The topological polar surface area (TPSA) is 154 Å². The van der Waals surface area contributed by atoms with E-state index in [2.05, 4.69) is 16.9 Å². The fourth-order valence-corrected chi connectivity index (χ4v) is 4.83. The molecule has 2 N–H and O–H groups in total. The smallest absolute Gasteiger partial charge is 0.411 e. The Morgan fingerprint density at radius 2 is 1.93 bits per heavy atom. The average molecular weight is 556 g/mol. The summed E-state index contributed by atoms with van der Waals surface area (Å²) in [5, 5.41) is 12.9. The summed E-state index contributed by atoms with van der Waals surface area (Å²) in [5.74, 6) is -2.01. The molecule has 2 fully saturated rings. The maximum absolute atomic E-state index is 13.5. The lowest BCUT2D eigenvalue weighted by Crippen LogP contribution is -2.53. The van der Waals surface area contributed by atoms with Crippen molar-refractivity contribution >= 4 is 34.8 Å². The van der Waals surface area contributed by atoms with E-state index in [1.54, 1.807) is 45.0 Å². The second kappa shape index (κ2) is 10.7. The highest BCUT2D eigenvalue weighted by Crippen LogP contribution is 2.45. The monoisotopic (exact) mass is 555 g/mol. The molecule has 1 aromatic heterocycles. The van der Waals surface area contributed by atoms with Crippen molar-refractivity contribution in [2.24, 2.45) is 5.92 Å². The molecule has 0 spiro atoms. The van der Waals surface area contributed by atoms with Gasteiger partial charge in [0.05, 0.1) is 26.3 Å². The number of benzene rings is 1. The van der Waals surface area contributed by atoms with Crippen molar-refractivity contribution in [1.29, 1.82) is 0 Å². The molecule has 2 heterocycles. The Kier molecular flexibility index (Phi) is 7.64. The largest absolute Gasteiger partial charge is 0.497 e. The van der Waals surface area contributed by atoms with Gasteiger partial charge in [-0.25, -0.2) is 19.4 Å². The molecule has 2 aromatic rings. The standard InChI is InChI=1S/C28H33N3O9/c1-7-15-13-28(15,25(35)38-6)30-23(32)21-11-17(14-31(21)26(36)40-27(2,3)4)39-22-12-20(24(33)34)29-19-10-16(37-5)8-9-18(19)22/h7-10,12,15,17,21H,1,11,13-14H2,2-6H3,(H,30,32)(H,33,34)/t15-,17+,21?,28+/m0/s1. The minimum atomic E-state index is -1.25. The molecule has 1 saturated carbocycles. The second-order valence-electron chi connectivity index (χ2n) is 10.8. The van der Waals surface area contributed by atoms with E-state index in [9.17, 15) is 24.3 Å². The third-order valence-corrected chi connectivity index (χ3v) is 6.88. The van der Waals surface area contributed by atoms with Crippen molar-refractivity contribution in [3.05, 3.63) is 42.6 Å². The van der Waals surface area contributed by atoms with Crippen molar-refractivity contribution in [3.63, 3.8) is 0 Å². The summed E-state index contributed by atoms with van der Waals surface area (Å²) in [4.78, 5) is 56.4. The number of hydrogen-bond donors (Lipinski definition) is 2. The van der Waals surface area contributed by atoms with Crippen LogP contribution in [0.5, 0.6) is 11.5 Å². The van der Waals surface area contributed by atoms with Gasteiger partial charge in [-0.15, -0.1) is 6.58 Å². The van der Waals surface area contributed by atoms with Gasteiger partial charge in [0.1, 0.15) is 34.8 Å². The van der Waals surface area contributed by atoms with E-state index in [-0.39, 0.29) is 30.3 Å². The Hall–Kier alpha value is -4.35. The van der Waals surface area contributed by atoms with Gasteiger partial charge in [0, 0.05) is 29.9 Å². The molecule has 0 radical (unpaired) electrons. The molecule has 1 aromatic carbocycles. The summed E-state index contributed by atoms with van der Waals surface area (Å²) < 4.78 is 21.9. The van der Waals surface area contributed by atoms with Gasteiger partial charge < -0.3 is 29.4 Å². The first-order valence-corrected chi connectivity index (χ1v) is 12.7. The molecular formula is C28H33N3O9. The van der Waals surface area contributed by atoms with Crippen LogP contribution in [-0.4, -0.2) is 83.0 Å². The minimum Gasteiger partial charge on any atom is -0.497 e. The zero-order valence-corrected chi connectivity index (χ0v) is 23.1. The van der Waals surface area contributed by atoms with Crippen LogP contribution in [0, 0.1) is 5.92 Å². The number of carbonyl (C=O) groups is 4. The predicted octanol–water partition coefficient (Wildman–Crippen LogP) is 2.93. The summed E-state index contributed by atoms with van der Waals surface area (Å²) in [6, 6.07) is 5.24. The zero-order valence-electron chi connectivity index (χ0n) is 23.1. The lowest BCUT2D eigenvalue weighted by Gasteiger charge is -2.28. The maximum atomic E-state index is 13.5. The molecule has 1 aliphatic carbocycles. The number of ether oxygens (including phenoxy) is 4. The Balaban J connectivity index is 1.64. The van der Waals surface area contributed by atoms with Crippen LogP contribution in [0.4, 0.5) is 4.79 Å². The third kappa shape index (κ3) is 5.65. The van der Waals surface area contributed by atoms with Gasteiger partial charge in [0.15, 0.2) is 5.69 Å². The number of rotatable bonds is 8. The van der Waals surface area contributed by atoms with Gasteiger partial charge in [-0.05, 0) is 39.3 Å². The van der Waals surface area contributed by atoms with Crippen molar-refractivity contribution < 1.29 is 43.2 Å². The van der Waals surface area contributed by atoms with Crippen molar-refractivity contribution in [1.82, 2.24) is 15.2 Å². The summed E-state index contributed by atoms with van der Waals surface area (Å²) in [6.45, 7) is 8.82. The molecule has 1 unspecified atom stereocenters. The van der Waals surface area contributed by atoms with Crippen molar-refractivity contribution in [2.75, 3.05) is 20.8 Å². The zero-order chi connectivity index (χ0) is 29.4. The van der Waals surface area contributed by atoms with Crippen LogP contribution < -0.4 is 14.8 Å². The number of carboxylic acid groups (broad SMARTS) is 1. The fourth-order valence-electron chi connectivity index (χ4n) is 4.83. The lowest BCUT2D eigenvalue weighted by atomic mass is 10.1. The molecule has 0 bridgehead atoms. The van der Waals surface area contributed by atoms with E-state index in [0.29, 0.717) is 23.1 Å². The molecule has 214 valence electrons.